The topological polar surface area (TPSA) is 94.1 Å². The van der Waals surface area contributed by atoms with Crippen LogP contribution in [0.4, 0.5) is 4.79 Å². The number of hydrazine groups is 1. The van der Waals surface area contributed by atoms with Gasteiger partial charge in [-0.1, -0.05) is 0 Å². The zero-order valence-corrected chi connectivity index (χ0v) is 11.0. The van der Waals surface area contributed by atoms with Gasteiger partial charge in [0.2, 0.25) is 0 Å². The van der Waals surface area contributed by atoms with Gasteiger partial charge in [0.25, 0.3) is 0 Å². The highest BCUT2D eigenvalue weighted by Gasteiger charge is 2.44. The van der Waals surface area contributed by atoms with Crippen LogP contribution in [0.5, 0.6) is 0 Å². The minimum atomic E-state index is -1.29. The predicted octanol–water partition coefficient (Wildman–Crippen LogP) is -1.31. The van der Waals surface area contributed by atoms with Gasteiger partial charge in [-0.15, -0.1) is 0 Å². The standard InChI is InChI=1S/C11H20N4O4/c1-14-3-5-15(6-4-14)13-10(18)12-11(9(16)17)2-7-19-8-11/h2-8H2,1H3,(H,16,17)(H2,12,13,18). The Labute approximate surface area is 111 Å². The molecule has 2 amide bonds. The van der Waals surface area contributed by atoms with Crippen LogP contribution in [0.2, 0.25) is 0 Å². The van der Waals surface area contributed by atoms with Crippen LogP contribution in [0.25, 0.3) is 0 Å². The number of urea groups is 1. The van der Waals surface area contributed by atoms with Gasteiger partial charge in [-0.3, -0.25) is 5.43 Å². The highest BCUT2D eigenvalue weighted by molar-refractivity contribution is 5.86. The van der Waals surface area contributed by atoms with Crippen LogP contribution in [-0.4, -0.2) is 79.0 Å². The maximum atomic E-state index is 11.9. The fourth-order valence-electron chi connectivity index (χ4n) is 2.19. The SMILES string of the molecule is CN1CCN(NC(=O)NC2(C(=O)O)CCOC2)CC1. The van der Waals surface area contributed by atoms with Gasteiger partial charge >= 0.3 is 12.0 Å². The molecule has 0 aromatic heterocycles. The van der Waals surface area contributed by atoms with Crippen molar-refractivity contribution in [2.24, 2.45) is 0 Å². The number of likely N-dealkylation sites (N-methyl/N-ethyl adjacent to an activating group) is 1. The first-order chi connectivity index (χ1) is 9.02. The normalized spacial score (nSPS) is 29.1. The number of nitrogens with zero attached hydrogens (tertiary/aromatic N) is 2. The van der Waals surface area contributed by atoms with E-state index in [9.17, 15) is 14.7 Å². The van der Waals surface area contributed by atoms with Crippen LogP contribution in [0.3, 0.4) is 0 Å². The van der Waals surface area contributed by atoms with Crippen molar-refractivity contribution in [2.75, 3.05) is 46.4 Å². The number of rotatable bonds is 3. The number of carbonyl (C=O) groups is 2. The van der Waals surface area contributed by atoms with Crippen molar-refractivity contribution >= 4 is 12.0 Å². The van der Waals surface area contributed by atoms with E-state index >= 15 is 0 Å². The molecule has 2 aliphatic heterocycles. The average Bonchev–Trinajstić information content (AvgIpc) is 2.82. The van der Waals surface area contributed by atoms with Crippen molar-refractivity contribution in [3.8, 4) is 0 Å². The molecule has 1 atom stereocenters. The molecule has 0 aromatic carbocycles. The molecule has 8 heteroatoms. The van der Waals surface area contributed by atoms with Gasteiger partial charge in [-0.25, -0.2) is 14.6 Å². The van der Waals surface area contributed by atoms with Crippen molar-refractivity contribution < 1.29 is 19.4 Å². The first-order valence-electron chi connectivity index (χ1n) is 6.35. The van der Waals surface area contributed by atoms with Crippen LogP contribution in [0.1, 0.15) is 6.42 Å². The predicted molar refractivity (Wildman–Crippen MR) is 66.5 cm³/mol. The second kappa shape index (κ2) is 5.72. The minimum Gasteiger partial charge on any atom is -0.479 e. The largest absolute Gasteiger partial charge is 0.479 e. The number of aliphatic carboxylic acids is 1. The molecule has 2 rings (SSSR count). The summed E-state index contributed by atoms with van der Waals surface area (Å²) in [5.41, 5.74) is 1.39. The van der Waals surface area contributed by atoms with Gasteiger partial charge in [0.15, 0.2) is 5.54 Å². The van der Waals surface area contributed by atoms with Crippen molar-refractivity contribution in [1.29, 1.82) is 0 Å². The van der Waals surface area contributed by atoms with E-state index in [1.54, 1.807) is 5.01 Å². The minimum absolute atomic E-state index is 0.0124. The Hall–Kier alpha value is -1.38. The molecule has 0 aromatic rings. The van der Waals surface area contributed by atoms with Crippen LogP contribution >= 0.6 is 0 Å². The Morgan fingerprint density at radius 2 is 1.95 bits per heavy atom. The zero-order valence-electron chi connectivity index (χ0n) is 11.0. The molecule has 8 nitrogen and oxygen atoms in total. The second-order valence-electron chi connectivity index (χ2n) is 5.05. The van der Waals surface area contributed by atoms with E-state index in [1.165, 1.54) is 0 Å². The Balaban J connectivity index is 1.85. The molecule has 0 saturated carbocycles. The van der Waals surface area contributed by atoms with Gasteiger partial charge in [0, 0.05) is 39.2 Å². The monoisotopic (exact) mass is 272 g/mol. The van der Waals surface area contributed by atoms with Crippen LogP contribution in [0.15, 0.2) is 0 Å². The van der Waals surface area contributed by atoms with E-state index in [0.717, 1.165) is 26.2 Å². The zero-order chi connectivity index (χ0) is 13.9. The Morgan fingerprint density at radius 3 is 2.47 bits per heavy atom. The summed E-state index contributed by atoms with van der Waals surface area (Å²) in [6, 6.07) is -0.488. The summed E-state index contributed by atoms with van der Waals surface area (Å²) in [7, 11) is 2.02. The summed E-state index contributed by atoms with van der Waals surface area (Å²) in [4.78, 5) is 25.3. The molecular formula is C11H20N4O4. The molecule has 2 heterocycles. The Kier molecular flexibility index (Phi) is 4.23. The van der Waals surface area contributed by atoms with Gasteiger partial charge in [-0.2, -0.15) is 0 Å². The van der Waals surface area contributed by atoms with E-state index in [-0.39, 0.29) is 6.61 Å². The average molecular weight is 272 g/mol. The van der Waals surface area contributed by atoms with Crippen molar-refractivity contribution in [3.63, 3.8) is 0 Å². The summed E-state index contributed by atoms with van der Waals surface area (Å²) < 4.78 is 5.08. The molecule has 2 saturated heterocycles. The molecule has 19 heavy (non-hydrogen) atoms. The first-order valence-corrected chi connectivity index (χ1v) is 6.35. The van der Waals surface area contributed by atoms with Crippen molar-refractivity contribution in [3.05, 3.63) is 0 Å². The molecule has 3 N–H and O–H groups in total. The number of nitrogens with one attached hydrogen (secondary N) is 2. The molecule has 108 valence electrons. The smallest absolute Gasteiger partial charge is 0.332 e. The number of carboxylic acids is 1. The summed E-state index contributed by atoms with van der Waals surface area (Å²) in [5, 5.41) is 13.5. The molecule has 2 aliphatic rings. The number of amides is 2. The second-order valence-corrected chi connectivity index (χ2v) is 5.05. The highest BCUT2D eigenvalue weighted by Crippen LogP contribution is 2.18. The molecular weight excluding hydrogens is 252 g/mol. The van der Waals surface area contributed by atoms with E-state index in [4.69, 9.17) is 4.74 Å². The highest BCUT2D eigenvalue weighted by atomic mass is 16.5. The summed E-state index contributed by atoms with van der Waals surface area (Å²) in [6.07, 6.45) is 0.290. The summed E-state index contributed by atoms with van der Waals surface area (Å²) in [6.45, 7) is 3.54. The quantitative estimate of drug-likeness (QED) is 0.591. The molecule has 0 bridgehead atoms. The lowest BCUT2D eigenvalue weighted by atomic mass is 9.99. The van der Waals surface area contributed by atoms with Crippen molar-refractivity contribution in [1.82, 2.24) is 20.7 Å². The van der Waals surface area contributed by atoms with Gasteiger partial charge in [-0.05, 0) is 7.05 Å². The van der Waals surface area contributed by atoms with E-state index in [2.05, 4.69) is 15.6 Å². The van der Waals surface area contributed by atoms with E-state index in [1.807, 2.05) is 7.05 Å². The maximum Gasteiger partial charge on any atom is 0.332 e. The lowest BCUT2D eigenvalue weighted by molar-refractivity contribution is -0.144. The third kappa shape index (κ3) is 3.34. The van der Waals surface area contributed by atoms with Crippen LogP contribution in [0, 0.1) is 0 Å². The number of hydrogen-bond acceptors (Lipinski definition) is 5. The lowest BCUT2D eigenvalue weighted by Crippen LogP contribution is -2.61. The van der Waals surface area contributed by atoms with Crippen molar-refractivity contribution in [2.45, 2.75) is 12.0 Å². The van der Waals surface area contributed by atoms with E-state index in [0.29, 0.717) is 13.0 Å². The third-order valence-electron chi connectivity index (χ3n) is 3.55. The first kappa shape index (κ1) is 14.0. The Bertz CT molecular complexity index is 349. The maximum absolute atomic E-state index is 11.9. The number of carbonyl (C=O) groups excluding carboxylic acids is 1. The molecule has 0 aliphatic carbocycles. The Morgan fingerprint density at radius 1 is 1.26 bits per heavy atom. The number of carboxylic acid groups (broad SMARTS) is 1. The number of ether oxygens (including phenoxy) is 1. The lowest BCUT2D eigenvalue weighted by Gasteiger charge is -2.33. The van der Waals surface area contributed by atoms with Crippen LogP contribution in [-0.2, 0) is 9.53 Å². The fourth-order valence-corrected chi connectivity index (χ4v) is 2.19. The van der Waals surface area contributed by atoms with Gasteiger partial charge in [0.05, 0.1) is 6.61 Å². The van der Waals surface area contributed by atoms with Crippen LogP contribution < -0.4 is 10.7 Å². The molecule has 0 spiro atoms. The molecule has 1 unspecified atom stereocenters. The summed E-state index contributed by atoms with van der Waals surface area (Å²) >= 11 is 0. The van der Waals surface area contributed by atoms with E-state index < -0.39 is 17.5 Å². The number of piperazine rings is 1. The fraction of sp³-hybridized carbons (Fsp3) is 0.818. The number of hydrogen-bond donors (Lipinski definition) is 3. The summed E-state index contributed by atoms with van der Waals surface area (Å²) in [5.74, 6) is -1.06. The molecule has 0 radical (unpaired) electrons. The molecule has 2 fully saturated rings. The van der Waals surface area contributed by atoms with Gasteiger partial charge in [0.1, 0.15) is 0 Å². The van der Waals surface area contributed by atoms with Gasteiger partial charge < -0.3 is 20.1 Å². The third-order valence-corrected chi connectivity index (χ3v) is 3.55.